The van der Waals surface area contributed by atoms with Crippen molar-refractivity contribution in [3.05, 3.63) is 35.3 Å². The van der Waals surface area contributed by atoms with Crippen LogP contribution in [0, 0.1) is 12.7 Å². The number of carbonyl (C=O) groups is 1. The number of nitrogens with zero attached hydrogens (tertiary/aromatic N) is 2. The number of aliphatic carboxylic acids is 1. The largest absolute Gasteiger partial charge is 0.481 e. The lowest BCUT2D eigenvalue weighted by molar-refractivity contribution is -0.136. The van der Waals surface area contributed by atoms with Crippen LogP contribution in [-0.2, 0) is 11.2 Å². The summed E-state index contributed by atoms with van der Waals surface area (Å²) in [5, 5.41) is 18.8. The van der Waals surface area contributed by atoms with E-state index in [1.807, 2.05) is 0 Å². The zero-order valence-corrected chi connectivity index (χ0v) is 11.9. The molecule has 2 N–H and O–H groups in total. The molecule has 21 heavy (non-hydrogen) atoms. The molecule has 1 aromatic heterocycles. The molecular formula is C15H17FN2O3. The second-order valence-corrected chi connectivity index (χ2v) is 4.90. The molecule has 0 aliphatic carbocycles. The minimum Gasteiger partial charge on any atom is -0.481 e. The third-order valence-electron chi connectivity index (χ3n) is 3.37. The SMILES string of the molecule is Cc1nc2ccc(F)cc2c(N(C)CCO)c1CC(=O)O. The number of fused-ring (bicyclic) bond motifs is 1. The number of hydrogen-bond donors (Lipinski definition) is 2. The Hall–Kier alpha value is -2.21. The minimum atomic E-state index is -0.977. The van der Waals surface area contributed by atoms with E-state index >= 15 is 0 Å². The maximum Gasteiger partial charge on any atom is 0.307 e. The summed E-state index contributed by atoms with van der Waals surface area (Å²) < 4.78 is 13.5. The fourth-order valence-electron chi connectivity index (χ4n) is 2.44. The zero-order chi connectivity index (χ0) is 15.6. The number of aliphatic hydroxyl groups excluding tert-OH is 1. The maximum absolute atomic E-state index is 13.5. The molecule has 0 saturated heterocycles. The number of anilines is 1. The smallest absolute Gasteiger partial charge is 0.307 e. The molecule has 0 spiro atoms. The minimum absolute atomic E-state index is 0.0822. The Balaban J connectivity index is 2.76. The highest BCUT2D eigenvalue weighted by atomic mass is 19.1. The Bertz CT molecular complexity index is 688. The highest BCUT2D eigenvalue weighted by Crippen LogP contribution is 2.32. The van der Waals surface area contributed by atoms with Gasteiger partial charge in [0.1, 0.15) is 5.82 Å². The molecule has 2 rings (SSSR count). The van der Waals surface area contributed by atoms with Crippen molar-refractivity contribution in [2.24, 2.45) is 0 Å². The Labute approximate surface area is 121 Å². The van der Waals surface area contributed by atoms with Gasteiger partial charge in [0.15, 0.2) is 0 Å². The number of aryl methyl sites for hydroxylation is 1. The number of aromatic nitrogens is 1. The van der Waals surface area contributed by atoms with Crippen molar-refractivity contribution in [3.8, 4) is 0 Å². The van der Waals surface area contributed by atoms with Gasteiger partial charge in [-0.3, -0.25) is 9.78 Å². The average molecular weight is 292 g/mol. The van der Waals surface area contributed by atoms with E-state index in [0.717, 1.165) is 0 Å². The van der Waals surface area contributed by atoms with E-state index in [0.29, 0.717) is 34.4 Å². The molecule has 0 saturated carbocycles. The highest BCUT2D eigenvalue weighted by molar-refractivity contribution is 5.95. The summed E-state index contributed by atoms with van der Waals surface area (Å²) in [4.78, 5) is 17.2. The van der Waals surface area contributed by atoms with Crippen LogP contribution < -0.4 is 4.90 Å². The highest BCUT2D eigenvalue weighted by Gasteiger charge is 2.18. The van der Waals surface area contributed by atoms with E-state index in [2.05, 4.69) is 4.98 Å². The van der Waals surface area contributed by atoms with E-state index in [4.69, 9.17) is 10.2 Å². The summed E-state index contributed by atoms with van der Waals surface area (Å²) in [7, 11) is 1.74. The lowest BCUT2D eigenvalue weighted by atomic mass is 10.0. The van der Waals surface area contributed by atoms with Gasteiger partial charge in [0.05, 0.1) is 24.2 Å². The molecule has 5 nitrogen and oxygen atoms in total. The molecule has 112 valence electrons. The van der Waals surface area contributed by atoms with E-state index < -0.39 is 11.8 Å². The molecule has 0 amide bonds. The van der Waals surface area contributed by atoms with Gasteiger partial charge in [-0.1, -0.05) is 0 Å². The van der Waals surface area contributed by atoms with Crippen LogP contribution in [0.3, 0.4) is 0 Å². The number of halogens is 1. The predicted octanol–water partition coefficient (Wildman–Crippen LogP) is 1.74. The molecule has 6 heteroatoms. The first kappa shape index (κ1) is 15.2. The monoisotopic (exact) mass is 292 g/mol. The van der Waals surface area contributed by atoms with Crippen LogP contribution in [0.5, 0.6) is 0 Å². The topological polar surface area (TPSA) is 73.7 Å². The van der Waals surface area contributed by atoms with E-state index in [1.54, 1.807) is 24.9 Å². The summed E-state index contributed by atoms with van der Waals surface area (Å²) in [5.74, 6) is -1.39. The second kappa shape index (κ2) is 6.05. The van der Waals surface area contributed by atoms with E-state index in [1.165, 1.54) is 12.1 Å². The molecule has 2 aromatic rings. The molecule has 1 heterocycles. The number of carboxylic acids is 1. The van der Waals surface area contributed by atoms with Crippen molar-refractivity contribution >= 4 is 22.6 Å². The van der Waals surface area contributed by atoms with Gasteiger partial charge in [-0.15, -0.1) is 0 Å². The van der Waals surface area contributed by atoms with Gasteiger partial charge in [-0.2, -0.15) is 0 Å². The Morgan fingerprint density at radius 1 is 1.43 bits per heavy atom. The Morgan fingerprint density at radius 2 is 2.14 bits per heavy atom. The van der Waals surface area contributed by atoms with Gasteiger partial charge in [-0.25, -0.2) is 4.39 Å². The lowest BCUT2D eigenvalue weighted by Crippen LogP contribution is -2.24. The van der Waals surface area contributed by atoms with Gasteiger partial charge in [0.2, 0.25) is 0 Å². The molecule has 1 aromatic carbocycles. The van der Waals surface area contributed by atoms with Crippen molar-refractivity contribution in [1.82, 2.24) is 4.98 Å². The van der Waals surface area contributed by atoms with Gasteiger partial charge >= 0.3 is 5.97 Å². The average Bonchev–Trinajstić information content (AvgIpc) is 2.40. The number of aliphatic hydroxyl groups is 1. The van der Waals surface area contributed by atoms with Crippen molar-refractivity contribution in [1.29, 1.82) is 0 Å². The molecule has 0 fully saturated rings. The van der Waals surface area contributed by atoms with Gasteiger partial charge in [-0.05, 0) is 25.1 Å². The number of benzene rings is 1. The van der Waals surface area contributed by atoms with Crippen LogP contribution in [-0.4, -0.2) is 41.4 Å². The van der Waals surface area contributed by atoms with Crippen LogP contribution in [0.25, 0.3) is 10.9 Å². The summed E-state index contributed by atoms with van der Waals surface area (Å²) in [6.45, 7) is 1.97. The molecule has 0 aliphatic rings. The first-order valence-electron chi connectivity index (χ1n) is 6.56. The van der Waals surface area contributed by atoms with Crippen LogP contribution in [0.4, 0.5) is 10.1 Å². The van der Waals surface area contributed by atoms with Crippen molar-refractivity contribution in [3.63, 3.8) is 0 Å². The standard InChI is InChI=1S/C15H17FN2O3/c1-9-11(8-14(20)21)15(18(2)5-6-19)12-7-10(16)3-4-13(12)17-9/h3-4,7,19H,5-6,8H2,1-2H3,(H,20,21). The number of hydrogen-bond acceptors (Lipinski definition) is 4. The molecule has 0 unspecified atom stereocenters. The van der Waals surface area contributed by atoms with Gasteiger partial charge < -0.3 is 15.1 Å². The van der Waals surface area contributed by atoms with Crippen LogP contribution >= 0.6 is 0 Å². The summed E-state index contributed by atoms with van der Waals surface area (Å²) in [6, 6.07) is 4.23. The predicted molar refractivity (Wildman–Crippen MR) is 78.1 cm³/mol. The van der Waals surface area contributed by atoms with E-state index in [9.17, 15) is 9.18 Å². The summed E-state index contributed by atoms with van der Waals surface area (Å²) >= 11 is 0. The summed E-state index contributed by atoms with van der Waals surface area (Å²) in [6.07, 6.45) is -0.198. The van der Waals surface area contributed by atoms with Crippen molar-refractivity contribution < 1.29 is 19.4 Å². The first-order valence-corrected chi connectivity index (χ1v) is 6.56. The van der Waals surface area contributed by atoms with Crippen molar-refractivity contribution in [2.75, 3.05) is 25.1 Å². The molecule has 0 atom stereocenters. The zero-order valence-electron chi connectivity index (χ0n) is 11.9. The molecule has 0 bridgehead atoms. The van der Waals surface area contributed by atoms with Crippen LogP contribution in [0.1, 0.15) is 11.3 Å². The number of pyridine rings is 1. The third kappa shape index (κ3) is 3.11. The second-order valence-electron chi connectivity index (χ2n) is 4.90. The van der Waals surface area contributed by atoms with Crippen LogP contribution in [0.2, 0.25) is 0 Å². The van der Waals surface area contributed by atoms with Crippen LogP contribution in [0.15, 0.2) is 18.2 Å². The number of rotatable bonds is 5. The lowest BCUT2D eigenvalue weighted by Gasteiger charge is -2.24. The number of likely N-dealkylation sites (N-methyl/N-ethyl adjacent to an activating group) is 1. The van der Waals surface area contributed by atoms with Gasteiger partial charge in [0.25, 0.3) is 0 Å². The Morgan fingerprint density at radius 3 is 2.76 bits per heavy atom. The molecule has 0 radical (unpaired) electrons. The quantitative estimate of drug-likeness (QED) is 0.878. The van der Waals surface area contributed by atoms with Gasteiger partial charge in [0, 0.05) is 30.2 Å². The third-order valence-corrected chi connectivity index (χ3v) is 3.37. The Kier molecular flexibility index (Phi) is 4.37. The maximum atomic E-state index is 13.5. The number of carboxylic acid groups (broad SMARTS) is 1. The molecular weight excluding hydrogens is 275 g/mol. The first-order chi connectivity index (χ1) is 9.93. The summed E-state index contributed by atoms with van der Waals surface area (Å²) in [5.41, 5.74) is 2.34. The van der Waals surface area contributed by atoms with Crippen molar-refractivity contribution in [2.45, 2.75) is 13.3 Å². The fraction of sp³-hybridized carbons (Fsp3) is 0.333. The molecule has 0 aliphatic heterocycles. The normalized spacial score (nSPS) is 10.9. The fourth-order valence-corrected chi connectivity index (χ4v) is 2.44. The van der Waals surface area contributed by atoms with E-state index in [-0.39, 0.29) is 13.0 Å².